The van der Waals surface area contributed by atoms with Crippen LogP contribution in [0, 0.1) is 11.6 Å². The van der Waals surface area contributed by atoms with Crippen LogP contribution < -0.4 is 5.32 Å². The molecule has 0 saturated carbocycles. The molecule has 1 heterocycles. The highest BCUT2D eigenvalue weighted by atomic mass is 19.1. The number of hydrogen-bond donors (Lipinski definition) is 2. The van der Waals surface area contributed by atoms with Crippen molar-refractivity contribution in [2.45, 2.75) is 6.42 Å². The molecular formula is C16H11F2N3. The van der Waals surface area contributed by atoms with Gasteiger partial charge in [0.15, 0.2) is 0 Å². The number of H-pyrrole nitrogens is 1. The first kappa shape index (κ1) is 12.1. The number of aromatic amines is 1. The minimum Gasteiger partial charge on any atom is -0.340 e. The molecule has 0 amide bonds. The SMILES string of the molecule is Fc1cccc(Nc2[nH]nc3c2Cc2cc(F)ccc2-3)c1. The quantitative estimate of drug-likeness (QED) is 0.583. The molecule has 3 aromatic rings. The Hall–Kier alpha value is -2.69. The van der Waals surface area contributed by atoms with Gasteiger partial charge in [-0.1, -0.05) is 6.07 Å². The van der Waals surface area contributed by atoms with Crippen LogP contribution in [-0.2, 0) is 6.42 Å². The van der Waals surface area contributed by atoms with Gasteiger partial charge >= 0.3 is 0 Å². The summed E-state index contributed by atoms with van der Waals surface area (Å²) in [6, 6.07) is 10.9. The number of hydrogen-bond acceptors (Lipinski definition) is 2. The number of nitrogens with zero attached hydrogens (tertiary/aromatic N) is 1. The first-order valence-corrected chi connectivity index (χ1v) is 6.59. The number of aromatic nitrogens is 2. The van der Waals surface area contributed by atoms with Gasteiger partial charge in [-0.15, -0.1) is 0 Å². The summed E-state index contributed by atoms with van der Waals surface area (Å²) < 4.78 is 26.5. The largest absolute Gasteiger partial charge is 0.340 e. The number of halogens is 2. The summed E-state index contributed by atoms with van der Waals surface area (Å²) in [5, 5.41) is 10.3. The van der Waals surface area contributed by atoms with Gasteiger partial charge in [0.1, 0.15) is 17.5 Å². The standard InChI is InChI=1S/C16H11F2N3/c17-10-2-1-3-12(8-10)19-16-14-7-9-6-11(18)4-5-13(9)15(14)20-21-16/h1-6,8H,7H2,(H2,19,20,21). The highest BCUT2D eigenvalue weighted by molar-refractivity contribution is 5.79. The number of fused-ring (bicyclic) bond motifs is 3. The van der Waals surface area contributed by atoms with E-state index in [0.29, 0.717) is 17.9 Å². The summed E-state index contributed by atoms with van der Waals surface area (Å²) in [6.45, 7) is 0. The third-order valence-corrected chi connectivity index (χ3v) is 3.65. The Labute approximate surface area is 119 Å². The van der Waals surface area contributed by atoms with Crippen molar-refractivity contribution in [3.05, 3.63) is 65.2 Å². The van der Waals surface area contributed by atoms with Crippen LogP contribution in [0.3, 0.4) is 0 Å². The van der Waals surface area contributed by atoms with Crippen molar-refractivity contribution in [2.75, 3.05) is 5.32 Å². The molecule has 0 unspecified atom stereocenters. The molecule has 0 aliphatic heterocycles. The average Bonchev–Trinajstić information content (AvgIpc) is 2.98. The summed E-state index contributed by atoms with van der Waals surface area (Å²) in [4.78, 5) is 0. The van der Waals surface area contributed by atoms with Crippen molar-refractivity contribution in [2.24, 2.45) is 0 Å². The Morgan fingerprint density at radius 2 is 1.90 bits per heavy atom. The lowest BCUT2D eigenvalue weighted by atomic mass is 10.1. The van der Waals surface area contributed by atoms with Gasteiger partial charge in [0.2, 0.25) is 0 Å². The molecule has 5 heteroatoms. The molecule has 0 spiro atoms. The lowest BCUT2D eigenvalue weighted by molar-refractivity contribution is 0.626. The summed E-state index contributed by atoms with van der Waals surface area (Å²) in [7, 11) is 0. The van der Waals surface area contributed by atoms with E-state index in [1.165, 1.54) is 24.3 Å². The third-order valence-electron chi connectivity index (χ3n) is 3.65. The van der Waals surface area contributed by atoms with Crippen LogP contribution in [0.1, 0.15) is 11.1 Å². The van der Waals surface area contributed by atoms with Crippen LogP contribution in [0.25, 0.3) is 11.3 Å². The molecular weight excluding hydrogens is 272 g/mol. The maximum Gasteiger partial charge on any atom is 0.130 e. The van der Waals surface area contributed by atoms with Crippen molar-refractivity contribution in [3.8, 4) is 11.3 Å². The first-order valence-electron chi connectivity index (χ1n) is 6.59. The normalized spacial score (nSPS) is 12.1. The van der Waals surface area contributed by atoms with Crippen LogP contribution >= 0.6 is 0 Å². The fourth-order valence-corrected chi connectivity index (χ4v) is 2.70. The fourth-order valence-electron chi connectivity index (χ4n) is 2.70. The van der Waals surface area contributed by atoms with Crippen molar-refractivity contribution in [1.29, 1.82) is 0 Å². The highest BCUT2D eigenvalue weighted by Crippen LogP contribution is 2.39. The van der Waals surface area contributed by atoms with E-state index < -0.39 is 0 Å². The number of benzene rings is 2. The molecule has 0 fully saturated rings. The van der Waals surface area contributed by atoms with Gasteiger partial charge in [-0.05, 0) is 42.0 Å². The minimum absolute atomic E-state index is 0.248. The topological polar surface area (TPSA) is 40.7 Å². The van der Waals surface area contributed by atoms with Gasteiger partial charge < -0.3 is 5.32 Å². The van der Waals surface area contributed by atoms with Gasteiger partial charge in [0.05, 0.1) is 5.69 Å². The third kappa shape index (κ3) is 1.98. The maximum atomic E-state index is 13.3. The van der Waals surface area contributed by atoms with E-state index >= 15 is 0 Å². The maximum absolute atomic E-state index is 13.3. The van der Waals surface area contributed by atoms with E-state index in [-0.39, 0.29) is 11.6 Å². The van der Waals surface area contributed by atoms with E-state index in [0.717, 1.165) is 22.4 Å². The van der Waals surface area contributed by atoms with Gasteiger partial charge in [0.25, 0.3) is 0 Å². The number of rotatable bonds is 2. The molecule has 1 aliphatic rings. The van der Waals surface area contributed by atoms with Gasteiger partial charge in [-0.3, -0.25) is 5.10 Å². The predicted octanol–water partition coefficient (Wildman–Crippen LogP) is 4.00. The molecule has 4 rings (SSSR count). The minimum atomic E-state index is -0.304. The second-order valence-corrected chi connectivity index (χ2v) is 5.04. The molecule has 0 bridgehead atoms. The van der Waals surface area contributed by atoms with Crippen LogP contribution in [0.15, 0.2) is 42.5 Å². The molecule has 0 atom stereocenters. The monoisotopic (exact) mass is 283 g/mol. The van der Waals surface area contributed by atoms with Gasteiger partial charge in [0, 0.05) is 23.2 Å². The summed E-state index contributed by atoms with van der Waals surface area (Å²) in [5.41, 5.74) is 4.30. The van der Waals surface area contributed by atoms with E-state index in [2.05, 4.69) is 15.5 Å². The van der Waals surface area contributed by atoms with Crippen LogP contribution in [0.2, 0.25) is 0 Å². The van der Waals surface area contributed by atoms with Crippen LogP contribution in [-0.4, -0.2) is 10.2 Å². The Morgan fingerprint density at radius 3 is 2.76 bits per heavy atom. The fraction of sp³-hybridized carbons (Fsp3) is 0.0625. The zero-order chi connectivity index (χ0) is 14.4. The van der Waals surface area contributed by atoms with E-state index in [9.17, 15) is 8.78 Å². The average molecular weight is 283 g/mol. The van der Waals surface area contributed by atoms with Gasteiger partial charge in [-0.2, -0.15) is 5.10 Å². The summed E-state index contributed by atoms with van der Waals surface area (Å²) >= 11 is 0. The molecule has 0 saturated heterocycles. The Bertz CT molecular complexity index is 839. The lowest BCUT2D eigenvalue weighted by Gasteiger charge is -2.05. The molecule has 21 heavy (non-hydrogen) atoms. The molecule has 1 aromatic heterocycles. The Kier molecular flexibility index (Phi) is 2.54. The second kappa shape index (κ2) is 4.41. The van der Waals surface area contributed by atoms with E-state index in [1.807, 2.05) is 0 Å². The van der Waals surface area contributed by atoms with Crippen LogP contribution in [0.5, 0.6) is 0 Å². The smallest absolute Gasteiger partial charge is 0.130 e. The number of anilines is 2. The predicted molar refractivity (Wildman–Crippen MR) is 76.5 cm³/mol. The van der Waals surface area contributed by atoms with Crippen molar-refractivity contribution in [1.82, 2.24) is 10.2 Å². The second-order valence-electron chi connectivity index (χ2n) is 5.04. The van der Waals surface area contributed by atoms with Crippen LogP contribution in [0.4, 0.5) is 20.3 Å². The summed E-state index contributed by atoms with van der Waals surface area (Å²) in [5.74, 6) is 0.163. The van der Waals surface area contributed by atoms with E-state index in [4.69, 9.17) is 0 Å². The first-order chi connectivity index (χ1) is 10.2. The molecule has 1 aliphatic carbocycles. The zero-order valence-electron chi connectivity index (χ0n) is 11.0. The Balaban J connectivity index is 1.71. The van der Waals surface area contributed by atoms with Gasteiger partial charge in [-0.25, -0.2) is 8.78 Å². The number of nitrogens with one attached hydrogen (secondary N) is 2. The molecule has 2 aromatic carbocycles. The molecule has 2 N–H and O–H groups in total. The van der Waals surface area contributed by atoms with Crippen molar-refractivity contribution < 1.29 is 8.78 Å². The zero-order valence-corrected chi connectivity index (χ0v) is 11.0. The molecule has 3 nitrogen and oxygen atoms in total. The Morgan fingerprint density at radius 1 is 1.05 bits per heavy atom. The highest BCUT2D eigenvalue weighted by Gasteiger charge is 2.25. The molecule has 104 valence electrons. The van der Waals surface area contributed by atoms with E-state index in [1.54, 1.807) is 18.2 Å². The summed E-state index contributed by atoms with van der Waals surface area (Å²) in [6.07, 6.45) is 0.608. The van der Waals surface area contributed by atoms with Crippen molar-refractivity contribution >= 4 is 11.5 Å². The lowest BCUT2D eigenvalue weighted by Crippen LogP contribution is -1.95. The molecule has 0 radical (unpaired) electrons. The van der Waals surface area contributed by atoms with Crippen molar-refractivity contribution in [3.63, 3.8) is 0 Å².